The molecule has 14 nitrogen and oxygen atoms in total. The Morgan fingerprint density at radius 1 is 1.13 bits per heavy atom. The highest BCUT2D eigenvalue weighted by molar-refractivity contribution is 9.10. The van der Waals surface area contributed by atoms with Crippen LogP contribution in [-0.4, -0.2) is 90.7 Å². The van der Waals surface area contributed by atoms with Gasteiger partial charge in [0.25, 0.3) is 5.91 Å². The van der Waals surface area contributed by atoms with Crippen LogP contribution in [0.15, 0.2) is 35.3 Å². The zero-order chi connectivity index (χ0) is 40.0. The minimum absolute atomic E-state index is 0.0182. The first-order valence-electron chi connectivity index (χ1n) is 18.2. The van der Waals surface area contributed by atoms with Gasteiger partial charge < -0.3 is 29.7 Å². The van der Waals surface area contributed by atoms with Gasteiger partial charge in [0.15, 0.2) is 0 Å². The van der Waals surface area contributed by atoms with Crippen molar-refractivity contribution in [2.24, 2.45) is 17.3 Å². The fourth-order valence-electron chi connectivity index (χ4n) is 6.86. The van der Waals surface area contributed by atoms with Crippen molar-refractivity contribution in [2.75, 3.05) is 20.3 Å². The number of pyridine rings is 1. The first-order valence-corrected chi connectivity index (χ1v) is 20.6. The summed E-state index contributed by atoms with van der Waals surface area (Å²) in [6, 6.07) is 4.08. The SMILES string of the molecule is C=C[C@@H]1C[C@]1(NC(=O)[C@@H]1C[C@@H](Oc2cc(OCC)nc3c(Br)c(OC)ccc23)CN1C(=O)[C@@H](CC(=O)NC(C)(C)C)C(C)(C)C)C(=O)NS(=O)(=O)C1CC1. The van der Waals surface area contributed by atoms with E-state index in [0.29, 0.717) is 52.2 Å². The van der Waals surface area contributed by atoms with E-state index in [2.05, 4.69) is 42.8 Å². The van der Waals surface area contributed by atoms with Gasteiger partial charge in [0.1, 0.15) is 29.2 Å². The van der Waals surface area contributed by atoms with Crippen LogP contribution in [-0.2, 0) is 29.2 Å². The Morgan fingerprint density at radius 2 is 1.81 bits per heavy atom. The van der Waals surface area contributed by atoms with Crippen LogP contribution in [0.1, 0.15) is 80.6 Å². The molecular formula is C38H52BrN5O9S. The second kappa shape index (κ2) is 15.3. The van der Waals surface area contributed by atoms with Gasteiger partial charge >= 0.3 is 0 Å². The van der Waals surface area contributed by atoms with E-state index in [9.17, 15) is 27.6 Å². The fourth-order valence-corrected chi connectivity index (χ4v) is 8.82. The van der Waals surface area contributed by atoms with Crippen molar-refractivity contribution < 1.29 is 41.8 Å². The topological polar surface area (TPSA) is 182 Å². The summed E-state index contributed by atoms with van der Waals surface area (Å²) < 4.78 is 46.1. The Bertz CT molecular complexity index is 1940. The second-order valence-corrected chi connectivity index (χ2v) is 19.2. The van der Waals surface area contributed by atoms with Gasteiger partial charge in [-0.25, -0.2) is 13.4 Å². The maximum atomic E-state index is 14.7. The number of amides is 4. The molecule has 54 heavy (non-hydrogen) atoms. The van der Waals surface area contributed by atoms with Crippen LogP contribution >= 0.6 is 15.9 Å². The third-order valence-electron chi connectivity index (χ3n) is 9.97. The highest BCUT2D eigenvalue weighted by Gasteiger charge is 2.62. The molecule has 0 spiro atoms. The standard InChI is InChI=1S/C38H52BrN5O9S/c1-10-21-19-38(21,35(48)43-54(49,50)23-12-13-23)42-33(46)26-16-22(20-44(26)34(47)25(36(3,4)5)17-29(45)41-37(6,7)8)53-28-18-30(52-11-2)40-32-24(28)14-15-27(51-9)31(32)39/h10,14-15,18,21-23,25-26H,1,11-13,16-17,19-20H2,2-9H3,(H,41,45)(H,42,46)(H,43,48)/t21-,22-,25-,26+,38-/m1/s1. The lowest BCUT2D eigenvalue weighted by atomic mass is 9.77. The van der Waals surface area contributed by atoms with E-state index in [1.807, 2.05) is 48.5 Å². The number of nitrogens with zero attached hydrogens (tertiary/aromatic N) is 2. The quantitative estimate of drug-likeness (QED) is 0.231. The van der Waals surface area contributed by atoms with Crippen molar-refractivity contribution in [3.8, 4) is 17.4 Å². The molecule has 1 saturated heterocycles. The number of rotatable bonds is 14. The Hall–Kier alpha value is -3.92. The summed E-state index contributed by atoms with van der Waals surface area (Å²) in [5, 5.41) is 5.74. The molecule has 1 aliphatic heterocycles. The molecule has 3 fully saturated rings. The zero-order valence-corrected chi connectivity index (χ0v) is 34.6. The molecule has 4 amide bonds. The fraction of sp³-hybridized carbons (Fsp3) is 0.605. The van der Waals surface area contributed by atoms with Gasteiger partial charge in [0.05, 0.1) is 41.4 Å². The van der Waals surface area contributed by atoms with Crippen molar-refractivity contribution >= 4 is 60.5 Å². The van der Waals surface area contributed by atoms with Gasteiger partial charge in [0.2, 0.25) is 33.6 Å². The van der Waals surface area contributed by atoms with Gasteiger partial charge in [-0.05, 0) is 80.4 Å². The molecule has 5 rings (SSSR count). The van der Waals surface area contributed by atoms with Gasteiger partial charge in [-0.15, -0.1) is 6.58 Å². The summed E-state index contributed by atoms with van der Waals surface area (Å²) in [5.41, 5.74) is -2.25. The summed E-state index contributed by atoms with van der Waals surface area (Å²) in [4.78, 5) is 61.9. The number of hydrogen-bond donors (Lipinski definition) is 3. The number of fused-ring (bicyclic) bond motifs is 1. The number of carbonyl (C=O) groups excluding carboxylic acids is 4. The largest absolute Gasteiger partial charge is 0.495 e. The summed E-state index contributed by atoms with van der Waals surface area (Å²) >= 11 is 3.57. The molecule has 16 heteroatoms. The molecule has 0 radical (unpaired) electrons. The molecule has 2 aliphatic carbocycles. The summed E-state index contributed by atoms with van der Waals surface area (Å²) in [7, 11) is -2.36. The van der Waals surface area contributed by atoms with Gasteiger partial charge in [-0.1, -0.05) is 26.8 Å². The lowest BCUT2D eigenvalue weighted by molar-refractivity contribution is -0.147. The Kier molecular flexibility index (Phi) is 11.7. The van der Waals surface area contributed by atoms with Crippen molar-refractivity contribution in [2.45, 2.75) is 109 Å². The summed E-state index contributed by atoms with van der Waals surface area (Å²) in [6.45, 7) is 17.1. The van der Waals surface area contributed by atoms with Crippen molar-refractivity contribution in [3.05, 3.63) is 35.3 Å². The maximum Gasteiger partial charge on any atom is 0.259 e. The summed E-state index contributed by atoms with van der Waals surface area (Å²) in [5.74, 6) is -2.32. The third kappa shape index (κ3) is 8.96. The summed E-state index contributed by atoms with van der Waals surface area (Å²) in [6.07, 6.45) is 1.76. The highest BCUT2D eigenvalue weighted by atomic mass is 79.9. The van der Waals surface area contributed by atoms with Crippen molar-refractivity contribution in [1.82, 2.24) is 25.2 Å². The van der Waals surface area contributed by atoms with E-state index in [4.69, 9.17) is 14.2 Å². The molecule has 0 unspecified atom stereocenters. The molecule has 2 saturated carbocycles. The van der Waals surface area contributed by atoms with Crippen LogP contribution in [0.4, 0.5) is 0 Å². The number of hydrogen-bond acceptors (Lipinski definition) is 10. The lowest BCUT2D eigenvalue weighted by Crippen LogP contribution is -2.57. The number of likely N-dealkylation sites (tertiary alicyclic amines) is 1. The third-order valence-corrected chi connectivity index (χ3v) is 12.6. The normalized spacial score (nSPS) is 23.3. The molecular weight excluding hydrogens is 782 g/mol. The predicted octanol–water partition coefficient (Wildman–Crippen LogP) is 4.39. The number of ether oxygens (including phenoxy) is 3. The number of methoxy groups -OCH3 is 1. The maximum absolute atomic E-state index is 14.7. The minimum atomic E-state index is -3.90. The van der Waals surface area contributed by atoms with Gasteiger partial charge in [-0.3, -0.25) is 23.9 Å². The number of aromatic nitrogens is 1. The molecule has 296 valence electrons. The van der Waals surface area contributed by atoms with E-state index < -0.39 is 73.5 Å². The Morgan fingerprint density at radius 3 is 2.37 bits per heavy atom. The minimum Gasteiger partial charge on any atom is -0.495 e. The molecule has 2 heterocycles. The number of carbonyl (C=O) groups is 4. The van der Waals surface area contributed by atoms with E-state index in [0.717, 1.165) is 0 Å². The van der Waals surface area contributed by atoms with E-state index >= 15 is 0 Å². The Balaban J connectivity index is 1.50. The molecule has 0 bridgehead atoms. The second-order valence-electron chi connectivity index (χ2n) is 16.5. The number of benzene rings is 1. The van der Waals surface area contributed by atoms with Gasteiger partial charge in [-0.2, -0.15) is 0 Å². The van der Waals surface area contributed by atoms with Crippen LogP contribution < -0.4 is 29.6 Å². The van der Waals surface area contributed by atoms with Gasteiger partial charge in [0, 0.05) is 35.8 Å². The predicted molar refractivity (Wildman–Crippen MR) is 206 cm³/mol. The van der Waals surface area contributed by atoms with E-state index in [1.54, 1.807) is 25.3 Å². The molecule has 3 N–H and O–H groups in total. The lowest BCUT2D eigenvalue weighted by Gasteiger charge is -2.35. The first-order chi connectivity index (χ1) is 25.1. The highest BCUT2D eigenvalue weighted by Crippen LogP contribution is 2.46. The van der Waals surface area contributed by atoms with Crippen LogP contribution in [0.25, 0.3) is 10.9 Å². The van der Waals surface area contributed by atoms with Crippen molar-refractivity contribution in [1.29, 1.82) is 0 Å². The van der Waals surface area contributed by atoms with E-state index in [-0.39, 0.29) is 31.7 Å². The van der Waals surface area contributed by atoms with Crippen molar-refractivity contribution in [3.63, 3.8) is 0 Å². The molecule has 1 aromatic carbocycles. The monoisotopic (exact) mass is 833 g/mol. The number of sulfonamides is 1. The smallest absolute Gasteiger partial charge is 0.259 e. The van der Waals surface area contributed by atoms with E-state index in [1.165, 1.54) is 11.0 Å². The number of nitrogens with one attached hydrogen (secondary N) is 3. The molecule has 1 aromatic heterocycles. The molecule has 3 aliphatic rings. The van der Waals surface area contributed by atoms with Crippen LogP contribution in [0.3, 0.4) is 0 Å². The molecule has 5 atom stereocenters. The zero-order valence-electron chi connectivity index (χ0n) is 32.2. The first kappa shape index (κ1) is 41.2. The average Bonchev–Trinajstić information content (AvgIpc) is 3.99. The van der Waals surface area contributed by atoms with Crippen LogP contribution in [0.2, 0.25) is 0 Å². The van der Waals surface area contributed by atoms with Crippen LogP contribution in [0.5, 0.6) is 17.4 Å². The number of halogens is 1. The average molecular weight is 835 g/mol. The molecule has 2 aromatic rings. The Labute approximate surface area is 325 Å². The van der Waals surface area contributed by atoms with Crippen LogP contribution in [0, 0.1) is 17.3 Å².